The summed E-state index contributed by atoms with van der Waals surface area (Å²) in [5, 5.41) is 8.60. The van der Waals surface area contributed by atoms with E-state index in [9.17, 15) is 4.79 Å². The van der Waals surface area contributed by atoms with Crippen molar-refractivity contribution in [3.63, 3.8) is 0 Å². The van der Waals surface area contributed by atoms with Gasteiger partial charge in [-0.15, -0.1) is 0 Å². The van der Waals surface area contributed by atoms with Crippen molar-refractivity contribution >= 4 is 5.91 Å². The summed E-state index contributed by atoms with van der Waals surface area (Å²) in [5.41, 5.74) is 4.09. The summed E-state index contributed by atoms with van der Waals surface area (Å²) in [4.78, 5) is 13.5. The van der Waals surface area contributed by atoms with Crippen LogP contribution in [0.4, 0.5) is 0 Å². The number of carbonyl (C=O) groups is 1. The SMILES string of the molecule is CN1CC(Oc2ccc(-c3ccc(C(=O)NO)cc3)cc2)C1. The topological polar surface area (TPSA) is 61.8 Å². The van der Waals surface area contributed by atoms with E-state index in [0.717, 1.165) is 30.0 Å². The third-order valence-corrected chi connectivity index (χ3v) is 3.77. The number of amides is 1. The lowest BCUT2D eigenvalue weighted by molar-refractivity contribution is 0.0388. The van der Waals surface area contributed by atoms with Crippen LogP contribution < -0.4 is 10.2 Å². The Labute approximate surface area is 129 Å². The smallest absolute Gasteiger partial charge is 0.274 e. The normalized spacial score (nSPS) is 15.2. The monoisotopic (exact) mass is 298 g/mol. The lowest BCUT2D eigenvalue weighted by atomic mass is 10.0. The Bertz CT molecular complexity index is 647. The molecule has 1 fully saturated rings. The van der Waals surface area contributed by atoms with E-state index < -0.39 is 5.91 Å². The Morgan fingerprint density at radius 1 is 1.09 bits per heavy atom. The van der Waals surface area contributed by atoms with Gasteiger partial charge in [0, 0.05) is 18.7 Å². The van der Waals surface area contributed by atoms with Gasteiger partial charge in [-0.1, -0.05) is 24.3 Å². The molecule has 2 aromatic rings. The van der Waals surface area contributed by atoms with Crippen molar-refractivity contribution in [3.05, 3.63) is 54.1 Å². The van der Waals surface area contributed by atoms with Crippen LogP contribution in [0.3, 0.4) is 0 Å². The van der Waals surface area contributed by atoms with Crippen LogP contribution in [0.2, 0.25) is 0 Å². The van der Waals surface area contributed by atoms with E-state index in [1.54, 1.807) is 17.6 Å². The average Bonchev–Trinajstić information content (AvgIpc) is 2.53. The van der Waals surface area contributed by atoms with Gasteiger partial charge in [0.05, 0.1) is 0 Å². The number of hydrogen-bond acceptors (Lipinski definition) is 4. The molecule has 3 rings (SSSR count). The van der Waals surface area contributed by atoms with Crippen LogP contribution in [-0.2, 0) is 0 Å². The first-order chi connectivity index (χ1) is 10.7. The predicted octanol–water partition coefficient (Wildman–Crippen LogP) is 2.17. The number of likely N-dealkylation sites (N-methyl/N-ethyl adjacent to an activating group) is 1. The number of nitrogens with zero attached hydrogens (tertiary/aromatic N) is 1. The molecule has 0 radical (unpaired) electrons. The number of hydrogen-bond donors (Lipinski definition) is 2. The molecule has 1 amide bonds. The lowest BCUT2D eigenvalue weighted by Crippen LogP contribution is -2.51. The van der Waals surface area contributed by atoms with Gasteiger partial charge in [-0.05, 0) is 42.4 Å². The van der Waals surface area contributed by atoms with Gasteiger partial charge in [0.2, 0.25) is 0 Å². The maximum absolute atomic E-state index is 11.3. The minimum absolute atomic E-state index is 0.284. The summed E-state index contributed by atoms with van der Waals surface area (Å²) >= 11 is 0. The molecule has 5 nitrogen and oxygen atoms in total. The van der Waals surface area contributed by atoms with E-state index in [1.165, 1.54) is 0 Å². The van der Waals surface area contributed by atoms with Gasteiger partial charge in [0.25, 0.3) is 5.91 Å². The van der Waals surface area contributed by atoms with E-state index in [-0.39, 0.29) is 6.10 Å². The molecular weight excluding hydrogens is 280 g/mol. The van der Waals surface area contributed by atoms with Crippen LogP contribution in [0, 0.1) is 0 Å². The highest BCUT2D eigenvalue weighted by molar-refractivity contribution is 5.93. The van der Waals surface area contributed by atoms with Crippen LogP contribution in [0.25, 0.3) is 11.1 Å². The summed E-state index contributed by atoms with van der Waals surface area (Å²) in [6.07, 6.45) is 0.284. The number of rotatable bonds is 4. The fourth-order valence-electron chi connectivity index (χ4n) is 2.51. The molecule has 2 N–H and O–H groups in total. The molecule has 2 aromatic carbocycles. The molecule has 1 saturated heterocycles. The highest BCUT2D eigenvalue weighted by atomic mass is 16.5. The van der Waals surface area contributed by atoms with Gasteiger partial charge < -0.3 is 4.74 Å². The number of nitrogens with one attached hydrogen (secondary N) is 1. The second-order valence-electron chi connectivity index (χ2n) is 5.50. The molecule has 22 heavy (non-hydrogen) atoms. The molecule has 0 spiro atoms. The third kappa shape index (κ3) is 3.10. The van der Waals surface area contributed by atoms with Crippen LogP contribution in [0.5, 0.6) is 5.75 Å². The Morgan fingerprint density at radius 3 is 2.14 bits per heavy atom. The fourth-order valence-corrected chi connectivity index (χ4v) is 2.51. The molecule has 0 atom stereocenters. The molecule has 0 unspecified atom stereocenters. The highest BCUT2D eigenvalue weighted by Gasteiger charge is 2.24. The van der Waals surface area contributed by atoms with Crippen molar-refractivity contribution in [3.8, 4) is 16.9 Å². The van der Waals surface area contributed by atoms with Gasteiger partial charge in [0.15, 0.2) is 0 Å². The van der Waals surface area contributed by atoms with Gasteiger partial charge in [-0.2, -0.15) is 0 Å². The summed E-state index contributed by atoms with van der Waals surface area (Å²) in [6.45, 7) is 1.94. The van der Waals surface area contributed by atoms with E-state index >= 15 is 0 Å². The number of ether oxygens (including phenoxy) is 1. The standard InChI is InChI=1S/C17H18N2O3/c1-19-10-16(11-19)22-15-8-6-13(7-9-15)12-2-4-14(5-3-12)17(20)18-21/h2-9,16,21H,10-11H2,1H3,(H,18,20). The third-order valence-electron chi connectivity index (χ3n) is 3.77. The second kappa shape index (κ2) is 6.17. The van der Waals surface area contributed by atoms with E-state index in [1.807, 2.05) is 36.4 Å². The first kappa shape index (κ1) is 14.6. The summed E-state index contributed by atoms with van der Waals surface area (Å²) < 4.78 is 5.85. The maximum Gasteiger partial charge on any atom is 0.274 e. The van der Waals surface area contributed by atoms with Gasteiger partial charge in [-0.3, -0.25) is 14.9 Å². The van der Waals surface area contributed by atoms with Crippen molar-refractivity contribution < 1.29 is 14.7 Å². The molecule has 1 aliphatic rings. The zero-order valence-electron chi connectivity index (χ0n) is 12.3. The van der Waals surface area contributed by atoms with Crippen molar-refractivity contribution in [2.45, 2.75) is 6.10 Å². The number of likely N-dealkylation sites (tertiary alicyclic amines) is 1. The number of carbonyl (C=O) groups excluding carboxylic acids is 1. The zero-order chi connectivity index (χ0) is 15.5. The molecule has 1 aliphatic heterocycles. The summed E-state index contributed by atoms with van der Waals surface area (Å²) in [7, 11) is 2.07. The molecule has 0 aromatic heterocycles. The van der Waals surface area contributed by atoms with Crippen LogP contribution >= 0.6 is 0 Å². The molecule has 0 bridgehead atoms. The average molecular weight is 298 g/mol. The molecule has 114 valence electrons. The van der Waals surface area contributed by atoms with E-state index in [4.69, 9.17) is 9.94 Å². The Hall–Kier alpha value is -2.37. The highest BCUT2D eigenvalue weighted by Crippen LogP contribution is 2.24. The largest absolute Gasteiger partial charge is 0.488 e. The lowest BCUT2D eigenvalue weighted by Gasteiger charge is -2.36. The van der Waals surface area contributed by atoms with Crippen LogP contribution in [0.1, 0.15) is 10.4 Å². The minimum Gasteiger partial charge on any atom is -0.488 e. The fraction of sp³-hybridized carbons (Fsp3) is 0.235. The molecule has 5 heteroatoms. The number of hydroxylamine groups is 1. The van der Waals surface area contributed by atoms with Crippen molar-refractivity contribution in [1.29, 1.82) is 0 Å². The zero-order valence-corrected chi connectivity index (χ0v) is 12.3. The van der Waals surface area contributed by atoms with Crippen molar-refractivity contribution in [1.82, 2.24) is 10.4 Å². The van der Waals surface area contributed by atoms with Gasteiger partial charge >= 0.3 is 0 Å². The van der Waals surface area contributed by atoms with E-state index in [0.29, 0.717) is 5.56 Å². The van der Waals surface area contributed by atoms with Crippen molar-refractivity contribution in [2.24, 2.45) is 0 Å². The minimum atomic E-state index is -0.513. The van der Waals surface area contributed by atoms with Crippen molar-refractivity contribution in [2.75, 3.05) is 20.1 Å². The van der Waals surface area contributed by atoms with Gasteiger partial charge in [-0.25, -0.2) is 5.48 Å². The Kier molecular flexibility index (Phi) is 4.09. The van der Waals surface area contributed by atoms with Crippen LogP contribution in [-0.4, -0.2) is 42.3 Å². The second-order valence-corrected chi connectivity index (χ2v) is 5.50. The maximum atomic E-state index is 11.3. The summed E-state index contributed by atoms with van der Waals surface area (Å²) in [6, 6.07) is 15.0. The quantitative estimate of drug-likeness (QED) is 0.671. The molecule has 0 aliphatic carbocycles. The van der Waals surface area contributed by atoms with E-state index in [2.05, 4.69) is 11.9 Å². The predicted molar refractivity (Wildman–Crippen MR) is 83.0 cm³/mol. The first-order valence-electron chi connectivity index (χ1n) is 7.16. The molecule has 1 heterocycles. The Morgan fingerprint density at radius 2 is 1.64 bits per heavy atom. The molecular formula is C17H18N2O3. The van der Waals surface area contributed by atoms with Gasteiger partial charge in [0.1, 0.15) is 11.9 Å². The first-order valence-corrected chi connectivity index (χ1v) is 7.16. The molecule has 0 saturated carbocycles. The number of benzene rings is 2. The van der Waals surface area contributed by atoms with Crippen LogP contribution in [0.15, 0.2) is 48.5 Å². The summed E-state index contributed by atoms with van der Waals surface area (Å²) in [5.74, 6) is 0.360. The Balaban J connectivity index is 1.68.